The van der Waals surface area contributed by atoms with Gasteiger partial charge in [0.05, 0.1) is 11.6 Å². The summed E-state index contributed by atoms with van der Waals surface area (Å²) in [7, 11) is 0. The number of carbonyl (C=O) groups excluding carboxylic acids is 1. The minimum absolute atomic E-state index is 0.00203. The van der Waals surface area contributed by atoms with Crippen molar-refractivity contribution in [2.45, 2.75) is 51.5 Å². The molecule has 1 aromatic heterocycles. The van der Waals surface area contributed by atoms with Gasteiger partial charge >= 0.3 is 6.03 Å². The van der Waals surface area contributed by atoms with Gasteiger partial charge in [-0.25, -0.2) is 9.18 Å². The molecule has 2 aliphatic heterocycles. The van der Waals surface area contributed by atoms with E-state index in [1.165, 1.54) is 6.07 Å². The lowest BCUT2D eigenvalue weighted by molar-refractivity contribution is 0.167. The molecule has 156 valence electrons. The summed E-state index contributed by atoms with van der Waals surface area (Å²) in [5.74, 6) is 1.10. The van der Waals surface area contributed by atoms with Crippen LogP contribution in [0.3, 0.4) is 0 Å². The van der Waals surface area contributed by atoms with Crippen LogP contribution in [0.5, 0.6) is 0 Å². The molecule has 2 atom stereocenters. The first-order valence-electron chi connectivity index (χ1n) is 10.4. The Balaban J connectivity index is 1.37. The van der Waals surface area contributed by atoms with Gasteiger partial charge in [0.1, 0.15) is 5.82 Å². The third kappa shape index (κ3) is 4.52. The molecule has 3 heterocycles. The predicted octanol–water partition coefficient (Wildman–Crippen LogP) is 3.38. The number of halogens is 1. The second kappa shape index (κ2) is 8.39. The molecule has 29 heavy (non-hydrogen) atoms. The summed E-state index contributed by atoms with van der Waals surface area (Å²) in [4.78, 5) is 21.1. The highest BCUT2D eigenvalue weighted by Crippen LogP contribution is 2.27. The number of anilines is 1. The zero-order chi connectivity index (χ0) is 20.4. The van der Waals surface area contributed by atoms with E-state index in [-0.39, 0.29) is 23.8 Å². The Labute approximate surface area is 170 Å². The van der Waals surface area contributed by atoms with Crippen molar-refractivity contribution in [1.29, 1.82) is 0 Å². The van der Waals surface area contributed by atoms with E-state index in [0.717, 1.165) is 44.3 Å². The van der Waals surface area contributed by atoms with Crippen molar-refractivity contribution in [1.82, 2.24) is 20.4 Å². The normalized spacial score (nSPS) is 22.6. The number of aromatic nitrogens is 2. The number of benzene rings is 1. The summed E-state index contributed by atoms with van der Waals surface area (Å²) in [6.07, 6.45) is 3.66. The monoisotopic (exact) mass is 401 g/mol. The van der Waals surface area contributed by atoms with Gasteiger partial charge in [-0.05, 0) is 57.2 Å². The second-order valence-electron chi connectivity index (χ2n) is 8.15. The summed E-state index contributed by atoms with van der Waals surface area (Å²) >= 11 is 0. The summed E-state index contributed by atoms with van der Waals surface area (Å²) in [5, 5.41) is 7.02. The highest BCUT2D eigenvalue weighted by atomic mass is 19.1. The van der Waals surface area contributed by atoms with Crippen LogP contribution in [0, 0.1) is 19.7 Å². The van der Waals surface area contributed by atoms with Crippen LogP contribution in [-0.4, -0.2) is 53.3 Å². The van der Waals surface area contributed by atoms with Crippen molar-refractivity contribution < 1.29 is 13.7 Å². The topological polar surface area (TPSA) is 74.5 Å². The lowest BCUT2D eigenvalue weighted by Gasteiger charge is -2.37. The molecule has 8 heteroatoms. The lowest BCUT2D eigenvalue weighted by atomic mass is 9.98. The molecular formula is C21H28FN5O2. The van der Waals surface area contributed by atoms with Crippen LogP contribution in [0.2, 0.25) is 0 Å². The number of likely N-dealkylation sites (tertiary alicyclic amines) is 1. The van der Waals surface area contributed by atoms with Gasteiger partial charge in [0.2, 0.25) is 5.89 Å². The van der Waals surface area contributed by atoms with Crippen molar-refractivity contribution in [2.24, 2.45) is 0 Å². The minimum Gasteiger partial charge on any atom is -0.367 e. The lowest BCUT2D eigenvalue weighted by Crippen LogP contribution is -2.53. The third-order valence-electron chi connectivity index (χ3n) is 5.79. The van der Waals surface area contributed by atoms with Crippen molar-refractivity contribution in [3.05, 3.63) is 41.3 Å². The van der Waals surface area contributed by atoms with Crippen molar-refractivity contribution in [2.75, 3.05) is 31.1 Å². The Kier molecular flexibility index (Phi) is 5.69. The van der Waals surface area contributed by atoms with Gasteiger partial charge in [0, 0.05) is 32.2 Å². The van der Waals surface area contributed by atoms with Crippen LogP contribution in [-0.2, 0) is 0 Å². The van der Waals surface area contributed by atoms with Gasteiger partial charge in [0.15, 0.2) is 5.82 Å². The third-order valence-corrected chi connectivity index (χ3v) is 5.79. The number of carbonyl (C=O) groups is 1. The predicted molar refractivity (Wildman–Crippen MR) is 107 cm³/mol. The number of hydrogen-bond donors (Lipinski definition) is 1. The number of amides is 2. The molecule has 0 spiro atoms. The van der Waals surface area contributed by atoms with E-state index in [0.29, 0.717) is 30.5 Å². The fourth-order valence-electron chi connectivity index (χ4n) is 4.29. The van der Waals surface area contributed by atoms with Crippen LogP contribution < -0.4 is 10.2 Å². The zero-order valence-electron chi connectivity index (χ0n) is 17.0. The number of nitrogens with zero attached hydrogens (tertiary/aromatic N) is 4. The van der Waals surface area contributed by atoms with E-state index < -0.39 is 0 Å². The first kappa shape index (κ1) is 19.7. The fraction of sp³-hybridized carbons (Fsp3) is 0.571. The highest BCUT2D eigenvalue weighted by molar-refractivity contribution is 5.75. The zero-order valence-corrected chi connectivity index (χ0v) is 17.0. The largest absolute Gasteiger partial charge is 0.367 e. The van der Waals surface area contributed by atoms with E-state index in [9.17, 15) is 9.18 Å². The minimum atomic E-state index is -0.212. The number of aryl methyl sites for hydroxylation is 2. The number of hydrogen-bond acceptors (Lipinski definition) is 5. The molecule has 2 unspecified atom stereocenters. The van der Waals surface area contributed by atoms with Gasteiger partial charge in [-0.2, -0.15) is 4.98 Å². The summed E-state index contributed by atoms with van der Waals surface area (Å²) in [6.45, 7) is 6.48. The fourth-order valence-corrected chi connectivity index (χ4v) is 4.29. The van der Waals surface area contributed by atoms with Crippen LogP contribution in [0.1, 0.15) is 48.9 Å². The Hall–Kier alpha value is -2.64. The van der Waals surface area contributed by atoms with Gasteiger partial charge in [0.25, 0.3) is 0 Å². The molecule has 1 aromatic carbocycles. The molecule has 4 rings (SSSR count). The van der Waals surface area contributed by atoms with E-state index in [1.54, 1.807) is 13.0 Å². The number of piperidine rings is 2. The molecule has 0 aliphatic carbocycles. The first-order valence-corrected chi connectivity index (χ1v) is 10.4. The van der Waals surface area contributed by atoms with E-state index in [4.69, 9.17) is 4.52 Å². The van der Waals surface area contributed by atoms with E-state index in [2.05, 4.69) is 15.5 Å². The average molecular weight is 401 g/mol. The summed E-state index contributed by atoms with van der Waals surface area (Å²) < 4.78 is 19.6. The van der Waals surface area contributed by atoms with Crippen LogP contribution >= 0.6 is 0 Å². The molecular weight excluding hydrogens is 373 g/mol. The molecule has 1 N–H and O–H groups in total. The Morgan fingerprint density at radius 3 is 2.83 bits per heavy atom. The molecule has 2 fully saturated rings. The first-order chi connectivity index (χ1) is 14.0. The van der Waals surface area contributed by atoms with E-state index in [1.807, 2.05) is 22.8 Å². The molecule has 2 saturated heterocycles. The van der Waals surface area contributed by atoms with Gasteiger partial charge < -0.3 is 19.6 Å². The van der Waals surface area contributed by atoms with Crippen molar-refractivity contribution in [3.63, 3.8) is 0 Å². The average Bonchev–Trinajstić information content (AvgIpc) is 3.16. The molecule has 0 bridgehead atoms. The molecule has 7 nitrogen and oxygen atoms in total. The van der Waals surface area contributed by atoms with Gasteiger partial charge in [-0.1, -0.05) is 11.2 Å². The Bertz CT molecular complexity index is 871. The smallest absolute Gasteiger partial charge is 0.317 e. The SMILES string of the molecule is Cc1ccc(F)c(N2CCCC(NC(=O)N3CCCC(c4nc(C)no4)C3)C2)c1. The molecule has 2 aliphatic rings. The molecule has 2 amide bonds. The number of rotatable bonds is 3. The molecule has 0 radical (unpaired) electrons. The van der Waals surface area contributed by atoms with Gasteiger partial charge in [-0.15, -0.1) is 0 Å². The van der Waals surface area contributed by atoms with Crippen LogP contribution in [0.15, 0.2) is 22.7 Å². The Morgan fingerprint density at radius 2 is 2.03 bits per heavy atom. The Morgan fingerprint density at radius 1 is 1.21 bits per heavy atom. The maximum Gasteiger partial charge on any atom is 0.317 e. The molecule has 2 aromatic rings. The van der Waals surface area contributed by atoms with Crippen molar-refractivity contribution in [3.8, 4) is 0 Å². The highest BCUT2D eigenvalue weighted by Gasteiger charge is 2.30. The maximum absolute atomic E-state index is 14.3. The van der Waals surface area contributed by atoms with E-state index >= 15 is 0 Å². The standard InChI is InChI=1S/C21H28FN5O2/c1-14-7-8-18(22)19(11-14)26-9-4-6-17(13-26)24-21(28)27-10-3-5-16(12-27)20-23-15(2)25-29-20/h7-8,11,16-17H,3-6,9-10,12-13H2,1-2H3,(H,24,28). The summed E-state index contributed by atoms with van der Waals surface area (Å²) in [5.41, 5.74) is 1.65. The number of nitrogens with one attached hydrogen (secondary N) is 1. The molecule has 0 saturated carbocycles. The number of urea groups is 1. The summed E-state index contributed by atoms with van der Waals surface area (Å²) in [6, 6.07) is 5.10. The van der Waals surface area contributed by atoms with Crippen LogP contribution in [0.25, 0.3) is 0 Å². The quantitative estimate of drug-likeness (QED) is 0.853. The van der Waals surface area contributed by atoms with Crippen LogP contribution in [0.4, 0.5) is 14.9 Å². The second-order valence-corrected chi connectivity index (χ2v) is 8.15. The maximum atomic E-state index is 14.3. The van der Waals surface area contributed by atoms with Crippen molar-refractivity contribution >= 4 is 11.7 Å². The van der Waals surface area contributed by atoms with Gasteiger partial charge in [-0.3, -0.25) is 0 Å².